The summed E-state index contributed by atoms with van der Waals surface area (Å²) in [7, 11) is 0. The Kier molecular flexibility index (Phi) is 5.74. The van der Waals surface area contributed by atoms with Crippen LogP contribution in [0.3, 0.4) is 0 Å². The summed E-state index contributed by atoms with van der Waals surface area (Å²) in [5, 5.41) is 4.04. The summed E-state index contributed by atoms with van der Waals surface area (Å²) in [4.78, 5) is 29.0. The molecule has 1 aliphatic heterocycles. The lowest BCUT2D eigenvalue weighted by Crippen LogP contribution is -2.37. The minimum Gasteiger partial charge on any atom is -0.377 e. The number of hydrogen-bond donors (Lipinski definition) is 1. The molecule has 2 amide bonds. The third-order valence-electron chi connectivity index (χ3n) is 5.04. The van der Waals surface area contributed by atoms with Crippen LogP contribution in [0.5, 0.6) is 0 Å². The number of nitrogens with zero attached hydrogens (tertiary/aromatic N) is 1. The third-order valence-corrected chi connectivity index (χ3v) is 6.39. The van der Waals surface area contributed by atoms with Gasteiger partial charge >= 0.3 is 0 Å². The lowest BCUT2D eigenvalue weighted by Gasteiger charge is -2.24. The second-order valence-corrected chi connectivity index (χ2v) is 8.54. The Morgan fingerprint density at radius 1 is 0.893 bits per heavy atom. The van der Waals surface area contributed by atoms with Crippen LogP contribution in [0, 0.1) is 0 Å². The molecule has 1 aliphatic carbocycles. The molecule has 144 valence electrons. The molecule has 4 rings (SSSR count). The number of benzene rings is 2. The van der Waals surface area contributed by atoms with Gasteiger partial charge < -0.3 is 5.32 Å². The lowest BCUT2D eigenvalue weighted by atomic mass is 9.95. The molecule has 1 saturated carbocycles. The Morgan fingerprint density at radius 3 is 2.25 bits per heavy atom. The maximum atomic E-state index is 13.2. The van der Waals surface area contributed by atoms with Crippen molar-refractivity contribution in [1.29, 1.82) is 0 Å². The smallest absolute Gasteiger partial charge is 0.282 e. The van der Waals surface area contributed by atoms with E-state index < -0.39 is 0 Å². The summed E-state index contributed by atoms with van der Waals surface area (Å²) in [6, 6.07) is 16.6. The number of amides is 2. The number of hydrogen-bond acceptors (Lipinski definition) is 4. The third kappa shape index (κ3) is 3.96. The summed E-state index contributed by atoms with van der Waals surface area (Å²) in [5.41, 5.74) is 1.01. The molecule has 4 nitrogen and oxygen atoms in total. The Morgan fingerprint density at radius 2 is 1.57 bits per heavy atom. The van der Waals surface area contributed by atoms with E-state index in [1.54, 1.807) is 24.3 Å². The van der Waals surface area contributed by atoms with Gasteiger partial charge in [0.1, 0.15) is 10.6 Å². The van der Waals surface area contributed by atoms with Gasteiger partial charge in [-0.3, -0.25) is 9.59 Å². The Labute approximate surface area is 173 Å². The highest BCUT2D eigenvalue weighted by molar-refractivity contribution is 8.04. The highest BCUT2D eigenvalue weighted by Crippen LogP contribution is 2.37. The number of carbonyl (C=O) groups is 2. The number of anilines is 1. The molecular formula is C22H21ClN2O2S. The van der Waals surface area contributed by atoms with E-state index in [1.807, 2.05) is 30.3 Å². The molecule has 0 aromatic heterocycles. The molecule has 2 aromatic carbocycles. The summed E-state index contributed by atoms with van der Waals surface area (Å²) in [6.45, 7) is 0. The quantitative estimate of drug-likeness (QED) is 0.691. The average molecular weight is 413 g/mol. The van der Waals surface area contributed by atoms with E-state index in [4.69, 9.17) is 11.6 Å². The van der Waals surface area contributed by atoms with Gasteiger partial charge in [0.05, 0.1) is 5.69 Å². The van der Waals surface area contributed by atoms with E-state index in [9.17, 15) is 9.59 Å². The molecule has 0 bridgehead atoms. The van der Waals surface area contributed by atoms with E-state index >= 15 is 0 Å². The van der Waals surface area contributed by atoms with Crippen LogP contribution in [-0.2, 0) is 9.59 Å². The molecule has 1 N–H and O–H groups in total. The second kappa shape index (κ2) is 8.41. The van der Waals surface area contributed by atoms with Crippen LogP contribution in [0.15, 0.2) is 70.1 Å². The van der Waals surface area contributed by atoms with Crippen LogP contribution in [0.2, 0.25) is 5.02 Å². The molecular weight excluding hydrogens is 392 g/mol. The fourth-order valence-corrected chi connectivity index (χ4v) is 4.68. The number of para-hydroxylation sites is 1. The molecule has 0 atom stereocenters. The lowest BCUT2D eigenvalue weighted by molar-refractivity contribution is -0.120. The van der Waals surface area contributed by atoms with Crippen LogP contribution in [-0.4, -0.2) is 17.9 Å². The highest BCUT2D eigenvalue weighted by atomic mass is 35.5. The van der Waals surface area contributed by atoms with Crippen molar-refractivity contribution in [3.63, 3.8) is 0 Å². The van der Waals surface area contributed by atoms with Crippen molar-refractivity contribution in [3.8, 4) is 0 Å². The standard InChI is InChI=1S/C22H21ClN2O2S/c23-15-11-13-18(14-12-15)28-20-19(24-16-7-3-1-4-8-16)21(26)25(22(20)27)17-9-5-2-6-10-17/h2,5-6,9-14,16,24H,1,3-4,7-8H2. The van der Waals surface area contributed by atoms with Gasteiger partial charge in [-0.15, -0.1) is 0 Å². The van der Waals surface area contributed by atoms with Crippen LogP contribution < -0.4 is 10.2 Å². The topological polar surface area (TPSA) is 49.4 Å². The molecule has 0 spiro atoms. The first kappa shape index (κ1) is 19.1. The second-order valence-electron chi connectivity index (χ2n) is 7.02. The summed E-state index contributed by atoms with van der Waals surface area (Å²) >= 11 is 7.29. The molecule has 0 unspecified atom stereocenters. The Bertz CT molecular complexity index is 906. The van der Waals surface area contributed by atoms with Crippen molar-refractivity contribution in [2.45, 2.75) is 43.0 Å². The number of rotatable bonds is 5. The molecule has 2 aliphatic rings. The summed E-state index contributed by atoms with van der Waals surface area (Å²) in [6.07, 6.45) is 5.57. The first-order valence-corrected chi connectivity index (χ1v) is 10.7. The minimum absolute atomic E-state index is 0.233. The van der Waals surface area contributed by atoms with E-state index in [1.165, 1.54) is 23.1 Å². The number of nitrogens with one attached hydrogen (secondary N) is 1. The fraction of sp³-hybridized carbons (Fsp3) is 0.273. The van der Waals surface area contributed by atoms with Crippen molar-refractivity contribution < 1.29 is 9.59 Å². The van der Waals surface area contributed by atoms with E-state index in [0.717, 1.165) is 30.6 Å². The van der Waals surface area contributed by atoms with E-state index in [2.05, 4.69) is 5.32 Å². The normalized spacial score (nSPS) is 18.1. The SMILES string of the molecule is O=C1C(NC2CCCCC2)=C(Sc2ccc(Cl)cc2)C(=O)N1c1ccccc1. The van der Waals surface area contributed by atoms with Crippen LogP contribution >= 0.6 is 23.4 Å². The number of imide groups is 1. The molecule has 0 saturated heterocycles. The monoisotopic (exact) mass is 412 g/mol. The minimum atomic E-state index is -0.283. The molecule has 0 radical (unpaired) electrons. The van der Waals surface area contributed by atoms with E-state index in [-0.39, 0.29) is 17.9 Å². The first-order chi connectivity index (χ1) is 13.6. The van der Waals surface area contributed by atoms with Crippen molar-refractivity contribution in [1.82, 2.24) is 5.32 Å². The van der Waals surface area contributed by atoms with Crippen molar-refractivity contribution in [3.05, 3.63) is 70.2 Å². The molecule has 1 fully saturated rings. The number of thioether (sulfide) groups is 1. The summed E-state index contributed by atoms with van der Waals surface area (Å²) < 4.78 is 0. The predicted molar refractivity (Wildman–Crippen MR) is 113 cm³/mol. The maximum absolute atomic E-state index is 13.2. The van der Waals surface area contributed by atoms with Crippen molar-refractivity contribution >= 4 is 40.9 Å². The zero-order chi connectivity index (χ0) is 19.5. The van der Waals surface area contributed by atoms with Gasteiger partial charge in [-0.05, 0) is 49.2 Å². The maximum Gasteiger partial charge on any atom is 0.282 e. The van der Waals surface area contributed by atoms with Gasteiger partial charge in [0.15, 0.2) is 0 Å². The molecule has 28 heavy (non-hydrogen) atoms. The Hall–Kier alpha value is -2.24. The van der Waals surface area contributed by atoms with Crippen LogP contribution in [0.25, 0.3) is 0 Å². The molecule has 2 aromatic rings. The first-order valence-electron chi connectivity index (χ1n) is 9.51. The van der Waals surface area contributed by atoms with Gasteiger partial charge in [0.25, 0.3) is 11.8 Å². The highest BCUT2D eigenvalue weighted by Gasteiger charge is 2.40. The zero-order valence-electron chi connectivity index (χ0n) is 15.4. The van der Waals surface area contributed by atoms with Gasteiger partial charge in [-0.1, -0.05) is 60.8 Å². The zero-order valence-corrected chi connectivity index (χ0v) is 16.9. The van der Waals surface area contributed by atoms with Crippen LogP contribution in [0.1, 0.15) is 32.1 Å². The largest absolute Gasteiger partial charge is 0.377 e. The summed E-state index contributed by atoms with van der Waals surface area (Å²) in [5.74, 6) is -0.562. The average Bonchev–Trinajstić information content (AvgIpc) is 2.95. The van der Waals surface area contributed by atoms with Gasteiger partial charge in [-0.2, -0.15) is 0 Å². The van der Waals surface area contributed by atoms with Crippen molar-refractivity contribution in [2.75, 3.05) is 4.90 Å². The fourth-order valence-electron chi connectivity index (χ4n) is 3.61. The number of halogens is 1. The predicted octanol–water partition coefficient (Wildman–Crippen LogP) is 5.14. The number of carbonyl (C=O) groups excluding carboxylic acids is 2. The van der Waals surface area contributed by atoms with Crippen LogP contribution in [0.4, 0.5) is 5.69 Å². The molecule has 1 heterocycles. The Balaban J connectivity index is 1.67. The van der Waals surface area contributed by atoms with Gasteiger partial charge in [-0.25, -0.2) is 4.90 Å². The van der Waals surface area contributed by atoms with Crippen molar-refractivity contribution in [2.24, 2.45) is 0 Å². The van der Waals surface area contributed by atoms with Gasteiger partial charge in [0.2, 0.25) is 0 Å². The van der Waals surface area contributed by atoms with Gasteiger partial charge in [0, 0.05) is 16.0 Å². The molecule has 6 heteroatoms. The van der Waals surface area contributed by atoms with E-state index in [0.29, 0.717) is 21.3 Å².